The number of hydrogen-bond donors (Lipinski definition) is 3. The number of phenols is 1. The maximum Gasteiger partial charge on any atom is 0.167 e. The van der Waals surface area contributed by atoms with Crippen LogP contribution < -0.4 is 0 Å². The van der Waals surface area contributed by atoms with E-state index in [-0.39, 0.29) is 24.8 Å². The lowest BCUT2D eigenvalue weighted by atomic mass is 10.1. The number of hydrogen-bond acceptors (Lipinski definition) is 5. The second-order valence-corrected chi connectivity index (χ2v) is 8.11. The van der Waals surface area contributed by atoms with Crippen LogP contribution >= 0.6 is 11.6 Å². The molecule has 1 saturated heterocycles. The Bertz CT molecular complexity index is 923. The van der Waals surface area contributed by atoms with E-state index in [2.05, 4.69) is 0 Å². The van der Waals surface area contributed by atoms with E-state index in [1.165, 1.54) is 6.07 Å². The molecule has 1 heterocycles. The summed E-state index contributed by atoms with van der Waals surface area (Å²) >= 11 is 5.79. The first-order valence-electron chi connectivity index (χ1n) is 8.13. The lowest BCUT2D eigenvalue weighted by molar-refractivity contribution is -0.000503. The molecule has 0 saturated carbocycles. The van der Waals surface area contributed by atoms with E-state index in [9.17, 15) is 22.5 Å². The van der Waals surface area contributed by atoms with Gasteiger partial charge < -0.3 is 15.3 Å². The minimum Gasteiger partial charge on any atom is -0.505 e. The highest BCUT2D eigenvalue weighted by atomic mass is 35.5. The molecule has 1 aliphatic heterocycles. The fraction of sp³-hybridized carbons (Fsp3) is 0.278. The molecule has 2 unspecified atom stereocenters. The molecular weight excluding hydrogens is 433 g/mol. The van der Waals surface area contributed by atoms with Gasteiger partial charge in [-0.2, -0.15) is 5.26 Å². The van der Waals surface area contributed by atoms with Crippen molar-refractivity contribution in [3.8, 4) is 11.8 Å². The van der Waals surface area contributed by atoms with E-state index < -0.39 is 39.8 Å². The van der Waals surface area contributed by atoms with Crippen molar-refractivity contribution >= 4 is 22.6 Å². The standard InChI is InChI=1S/C12H13ClN2O3S.C6H3F3O/c13-10-1-2-11(9(5-10)6-14)19(18)15-4-3-12(17,7-15)8-16;7-3-1-5(9)6(10)2-4(3)8/h1-2,5,16-17H,3-4,7-8H2;1-2,10H. The predicted molar refractivity (Wildman–Crippen MR) is 98.8 cm³/mol. The molecule has 3 rings (SSSR count). The molecule has 2 aromatic carbocycles. The van der Waals surface area contributed by atoms with Crippen LogP contribution in [0, 0.1) is 28.8 Å². The average molecular weight is 449 g/mol. The summed E-state index contributed by atoms with van der Waals surface area (Å²) in [5.74, 6) is -4.63. The Balaban J connectivity index is 0.000000253. The summed E-state index contributed by atoms with van der Waals surface area (Å²) in [6, 6.07) is 7.21. The number of phenolic OH excluding ortho intramolecular Hbond substituents is 1. The molecule has 0 spiro atoms. The van der Waals surface area contributed by atoms with Gasteiger partial charge in [-0.3, -0.25) is 0 Å². The van der Waals surface area contributed by atoms with Crippen molar-refractivity contribution in [2.75, 3.05) is 19.7 Å². The van der Waals surface area contributed by atoms with Crippen LogP contribution in [-0.4, -0.2) is 49.1 Å². The molecule has 1 fully saturated rings. The first kappa shape index (κ1) is 23.1. The number of β-amino-alcohol motifs (C(OH)–C–C–N with tert-alkyl or cyclic N) is 1. The maximum atomic E-state index is 12.4. The topological polar surface area (TPSA) is 105 Å². The van der Waals surface area contributed by atoms with E-state index >= 15 is 0 Å². The Morgan fingerprint density at radius 3 is 2.41 bits per heavy atom. The number of aliphatic hydroxyl groups excluding tert-OH is 1. The molecule has 0 aromatic heterocycles. The number of rotatable bonds is 3. The largest absolute Gasteiger partial charge is 0.505 e. The Kier molecular flexibility index (Phi) is 7.62. The van der Waals surface area contributed by atoms with Crippen molar-refractivity contribution < 1.29 is 32.7 Å². The summed E-state index contributed by atoms with van der Waals surface area (Å²) in [7, 11) is -1.55. The Morgan fingerprint density at radius 1 is 1.21 bits per heavy atom. The fourth-order valence-electron chi connectivity index (χ4n) is 2.48. The molecule has 11 heteroatoms. The first-order valence-corrected chi connectivity index (χ1v) is 9.62. The second-order valence-electron chi connectivity index (χ2n) is 6.22. The number of aliphatic hydroxyl groups is 2. The maximum absolute atomic E-state index is 12.4. The highest BCUT2D eigenvalue weighted by molar-refractivity contribution is 7.82. The lowest BCUT2D eigenvalue weighted by Gasteiger charge is -2.20. The first-order chi connectivity index (χ1) is 13.6. The van der Waals surface area contributed by atoms with E-state index in [4.69, 9.17) is 27.1 Å². The summed E-state index contributed by atoms with van der Waals surface area (Å²) in [5.41, 5.74) is -0.959. The van der Waals surface area contributed by atoms with Gasteiger partial charge >= 0.3 is 0 Å². The third kappa shape index (κ3) is 5.68. The fourth-order valence-corrected chi connectivity index (χ4v) is 4.02. The molecule has 2 aromatic rings. The number of halogens is 4. The van der Waals surface area contributed by atoms with Crippen LogP contribution in [0.25, 0.3) is 0 Å². The predicted octanol–water partition coefficient (Wildman–Crippen LogP) is 2.47. The van der Waals surface area contributed by atoms with Gasteiger partial charge in [0.2, 0.25) is 0 Å². The van der Waals surface area contributed by atoms with Crippen molar-refractivity contribution in [1.82, 2.24) is 4.31 Å². The Labute approximate surface area is 172 Å². The van der Waals surface area contributed by atoms with E-state index in [0.717, 1.165) is 0 Å². The Morgan fingerprint density at radius 2 is 1.86 bits per heavy atom. The number of aromatic hydroxyl groups is 1. The third-order valence-electron chi connectivity index (χ3n) is 4.07. The van der Waals surface area contributed by atoms with Gasteiger partial charge in [-0.1, -0.05) is 11.6 Å². The van der Waals surface area contributed by atoms with Gasteiger partial charge in [-0.15, -0.1) is 0 Å². The van der Waals surface area contributed by atoms with Gasteiger partial charge in [-0.25, -0.2) is 21.7 Å². The van der Waals surface area contributed by atoms with Crippen LogP contribution in [0.1, 0.15) is 12.0 Å². The molecule has 0 bridgehead atoms. The van der Waals surface area contributed by atoms with Crippen molar-refractivity contribution in [3.05, 3.63) is 58.4 Å². The summed E-state index contributed by atoms with van der Waals surface area (Å²) in [6.45, 7) is 0.146. The van der Waals surface area contributed by atoms with Crippen LogP contribution in [0.4, 0.5) is 13.2 Å². The monoisotopic (exact) mass is 448 g/mol. The smallest absolute Gasteiger partial charge is 0.167 e. The zero-order valence-corrected chi connectivity index (χ0v) is 16.4. The molecule has 0 aliphatic carbocycles. The van der Waals surface area contributed by atoms with Crippen molar-refractivity contribution in [3.63, 3.8) is 0 Å². The molecule has 0 amide bonds. The summed E-state index contributed by atoms with van der Waals surface area (Å²) in [6.07, 6.45) is 0.352. The second kappa shape index (κ2) is 9.56. The van der Waals surface area contributed by atoms with Crippen molar-refractivity contribution in [2.45, 2.75) is 16.9 Å². The summed E-state index contributed by atoms with van der Waals surface area (Å²) < 4.78 is 50.1. The molecule has 156 valence electrons. The zero-order chi connectivity index (χ0) is 21.8. The molecule has 3 N–H and O–H groups in total. The zero-order valence-electron chi connectivity index (χ0n) is 14.8. The van der Waals surface area contributed by atoms with Gasteiger partial charge in [0.05, 0.1) is 17.1 Å². The van der Waals surface area contributed by atoms with Crippen molar-refractivity contribution in [2.24, 2.45) is 0 Å². The van der Waals surface area contributed by atoms with Gasteiger partial charge in [0, 0.05) is 30.2 Å². The number of nitriles is 1. The van der Waals surface area contributed by atoms with Crippen LogP contribution in [0.5, 0.6) is 5.75 Å². The van der Waals surface area contributed by atoms with E-state index in [0.29, 0.717) is 29.0 Å². The highest BCUT2D eigenvalue weighted by Crippen LogP contribution is 2.27. The van der Waals surface area contributed by atoms with Crippen LogP contribution in [-0.2, 0) is 11.0 Å². The van der Waals surface area contributed by atoms with Crippen LogP contribution in [0.15, 0.2) is 35.2 Å². The molecule has 1 aliphatic rings. The highest BCUT2D eigenvalue weighted by Gasteiger charge is 2.38. The summed E-state index contributed by atoms with van der Waals surface area (Å²) in [4.78, 5) is 0.370. The molecular formula is C18H16ClF3N2O4S. The molecule has 6 nitrogen and oxygen atoms in total. The molecule has 2 atom stereocenters. The van der Waals surface area contributed by atoms with Gasteiger partial charge in [-0.05, 0) is 24.6 Å². The Hall–Kier alpha value is -2.16. The minimum absolute atomic E-state index is 0.115. The molecule has 0 radical (unpaired) electrons. The van der Waals surface area contributed by atoms with Gasteiger partial charge in [0.25, 0.3) is 0 Å². The van der Waals surface area contributed by atoms with Crippen LogP contribution in [0.3, 0.4) is 0 Å². The van der Waals surface area contributed by atoms with Crippen LogP contribution in [0.2, 0.25) is 5.02 Å². The average Bonchev–Trinajstić information content (AvgIpc) is 3.09. The van der Waals surface area contributed by atoms with Gasteiger partial charge in [0.15, 0.2) is 23.2 Å². The van der Waals surface area contributed by atoms with Crippen molar-refractivity contribution in [1.29, 1.82) is 5.26 Å². The summed E-state index contributed by atoms with van der Waals surface area (Å²) in [5, 5.41) is 36.9. The minimum atomic E-state index is -1.55. The van der Waals surface area contributed by atoms with E-state index in [1.807, 2.05) is 6.07 Å². The van der Waals surface area contributed by atoms with E-state index in [1.54, 1.807) is 16.4 Å². The number of benzene rings is 2. The quantitative estimate of drug-likeness (QED) is 0.626. The van der Waals surface area contributed by atoms with Gasteiger partial charge in [0.1, 0.15) is 22.7 Å². The normalized spacial score (nSPS) is 19.9. The molecule has 29 heavy (non-hydrogen) atoms. The lowest BCUT2D eigenvalue weighted by Crippen LogP contribution is -2.37. The number of nitrogens with zero attached hydrogens (tertiary/aromatic N) is 2. The third-order valence-corrected chi connectivity index (χ3v) is 5.81. The SMILES string of the molecule is N#Cc1cc(Cl)ccc1S(=O)N1CCC(O)(CO)C1.Oc1cc(F)c(F)cc1F.